The van der Waals surface area contributed by atoms with E-state index in [1.807, 2.05) is 6.92 Å². The molecule has 18 heavy (non-hydrogen) atoms. The van der Waals surface area contributed by atoms with E-state index in [9.17, 15) is 4.79 Å². The van der Waals surface area contributed by atoms with Gasteiger partial charge in [0.05, 0.1) is 0 Å². The second kappa shape index (κ2) is 5.91. The maximum absolute atomic E-state index is 12.0. The Hall–Kier alpha value is -1.49. The van der Waals surface area contributed by atoms with Crippen LogP contribution in [-0.4, -0.2) is 33.6 Å². The van der Waals surface area contributed by atoms with Crippen LogP contribution < -0.4 is 5.32 Å². The molecule has 1 atom stereocenters. The van der Waals surface area contributed by atoms with Crippen molar-refractivity contribution in [2.45, 2.75) is 44.6 Å². The zero-order valence-corrected chi connectivity index (χ0v) is 10.6. The molecule has 1 unspecified atom stereocenters. The smallest absolute Gasteiger partial charge is 0.270 e. The topological polar surface area (TPSA) is 75.1 Å². The summed E-state index contributed by atoms with van der Waals surface area (Å²) in [4.78, 5) is 20.5. The standard InChI is InChI=1S/C13H19N3O2/c1-2-10(6-8-17)15-13(18)11-5-7-14-12(16-11)9-3-4-9/h5,7,9-10,17H,2-4,6,8H2,1H3,(H,15,18). The van der Waals surface area contributed by atoms with E-state index in [2.05, 4.69) is 15.3 Å². The molecule has 2 N–H and O–H groups in total. The van der Waals surface area contributed by atoms with E-state index >= 15 is 0 Å². The number of carbonyl (C=O) groups excluding carboxylic acids is 1. The first-order chi connectivity index (χ1) is 8.74. The predicted octanol–water partition coefficient (Wildman–Crippen LogP) is 1.24. The summed E-state index contributed by atoms with van der Waals surface area (Å²) < 4.78 is 0. The Kier molecular flexibility index (Phi) is 4.25. The highest BCUT2D eigenvalue weighted by molar-refractivity contribution is 5.92. The summed E-state index contributed by atoms with van der Waals surface area (Å²) in [5.74, 6) is 1.04. The predicted molar refractivity (Wildman–Crippen MR) is 67.3 cm³/mol. The molecule has 2 rings (SSSR count). The Morgan fingerprint density at radius 3 is 3.00 bits per heavy atom. The van der Waals surface area contributed by atoms with Gasteiger partial charge in [-0.3, -0.25) is 4.79 Å². The van der Waals surface area contributed by atoms with Crippen LogP contribution in [0, 0.1) is 0 Å². The van der Waals surface area contributed by atoms with Gasteiger partial charge in [-0.1, -0.05) is 6.92 Å². The van der Waals surface area contributed by atoms with Crippen LogP contribution in [0.3, 0.4) is 0 Å². The number of rotatable bonds is 6. The maximum Gasteiger partial charge on any atom is 0.270 e. The molecule has 0 aromatic carbocycles. The summed E-state index contributed by atoms with van der Waals surface area (Å²) in [5.41, 5.74) is 0.420. The van der Waals surface area contributed by atoms with Crippen LogP contribution in [0.25, 0.3) is 0 Å². The maximum atomic E-state index is 12.0. The molecule has 1 aromatic rings. The molecule has 98 valence electrons. The lowest BCUT2D eigenvalue weighted by molar-refractivity contribution is 0.0923. The minimum absolute atomic E-state index is 0.00170. The van der Waals surface area contributed by atoms with Crippen molar-refractivity contribution in [1.82, 2.24) is 15.3 Å². The molecule has 1 aliphatic rings. The van der Waals surface area contributed by atoms with Crippen LogP contribution in [0.4, 0.5) is 0 Å². The Balaban J connectivity index is 2.01. The van der Waals surface area contributed by atoms with E-state index < -0.39 is 0 Å². The van der Waals surface area contributed by atoms with Crippen molar-refractivity contribution in [3.05, 3.63) is 23.8 Å². The van der Waals surface area contributed by atoms with E-state index in [-0.39, 0.29) is 18.6 Å². The van der Waals surface area contributed by atoms with Gasteiger partial charge in [-0.2, -0.15) is 0 Å². The van der Waals surface area contributed by atoms with Gasteiger partial charge in [0, 0.05) is 24.8 Å². The minimum Gasteiger partial charge on any atom is -0.396 e. The van der Waals surface area contributed by atoms with E-state index in [1.165, 1.54) is 0 Å². The van der Waals surface area contributed by atoms with Gasteiger partial charge in [-0.05, 0) is 31.7 Å². The molecule has 1 heterocycles. The van der Waals surface area contributed by atoms with Gasteiger partial charge in [0.15, 0.2) is 0 Å². The van der Waals surface area contributed by atoms with Crippen LogP contribution in [0.15, 0.2) is 12.3 Å². The molecule has 1 aromatic heterocycles. The summed E-state index contributed by atoms with van der Waals surface area (Å²) in [7, 11) is 0. The van der Waals surface area contributed by atoms with Crippen molar-refractivity contribution < 1.29 is 9.90 Å². The van der Waals surface area contributed by atoms with Crippen molar-refractivity contribution >= 4 is 5.91 Å². The zero-order valence-electron chi connectivity index (χ0n) is 10.6. The fourth-order valence-electron chi connectivity index (χ4n) is 1.83. The van der Waals surface area contributed by atoms with Crippen molar-refractivity contribution in [2.75, 3.05) is 6.61 Å². The number of nitrogens with one attached hydrogen (secondary N) is 1. The average Bonchev–Trinajstić information content (AvgIpc) is 3.22. The molecule has 5 nitrogen and oxygen atoms in total. The number of aliphatic hydroxyl groups is 1. The Morgan fingerprint density at radius 2 is 2.39 bits per heavy atom. The third kappa shape index (κ3) is 3.26. The van der Waals surface area contributed by atoms with Crippen LogP contribution in [-0.2, 0) is 0 Å². The van der Waals surface area contributed by atoms with Crippen molar-refractivity contribution in [1.29, 1.82) is 0 Å². The highest BCUT2D eigenvalue weighted by Gasteiger charge is 2.27. The van der Waals surface area contributed by atoms with Crippen LogP contribution in [0.2, 0.25) is 0 Å². The van der Waals surface area contributed by atoms with Gasteiger partial charge in [0.1, 0.15) is 11.5 Å². The first-order valence-corrected chi connectivity index (χ1v) is 6.49. The number of aliphatic hydroxyl groups excluding tert-OH is 1. The molecule has 5 heteroatoms. The van der Waals surface area contributed by atoms with Crippen LogP contribution in [0.5, 0.6) is 0 Å². The van der Waals surface area contributed by atoms with Gasteiger partial charge in [-0.25, -0.2) is 9.97 Å². The highest BCUT2D eigenvalue weighted by Crippen LogP contribution is 2.37. The van der Waals surface area contributed by atoms with Crippen molar-refractivity contribution in [3.63, 3.8) is 0 Å². The lowest BCUT2D eigenvalue weighted by Gasteiger charge is -2.15. The average molecular weight is 249 g/mol. The fraction of sp³-hybridized carbons (Fsp3) is 0.615. The molecule has 1 fully saturated rings. The SMILES string of the molecule is CCC(CCO)NC(=O)c1ccnc(C2CC2)n1. The van der Waals surface area contributed by atoms with Gasteiger partial charge < -0.3 is 10.4 Å². The number of carbonyl (C=O) groups is 1. The van der Waals surface area contributed by atoms with Crippen LogP contribution in [0.1, 0.15) is 54.8 Å². The third-order valence-corrected chi connectivity index (χ3v) is 3.15. The number of aromatic nitrogens is 2. The number of hydrogen-bond donors (Lipinski definition) is 2. The molecule has 0 spiro atoms. The molecular formula is C13H19N3O2. The number of hydrogen-bond acceptors (Lipinski definition) is 4. The van der Waals surface area contributed by atoms with E-state index in [1.54, 1.807) is 12.3 Å². The first-order valence-electron chi connectivity index (χ1n) is 6.49. The Labute approximate surface area is 107 Å². The summed E-state index contributed by atoms with van der Waals surface area (Å²) in [6.07, 6.45) is 5.25. The lowest BCUT2D eigenvalue weighted by atomic mass is 10.1. The summed E-state index contributed by atoms with van der Waals surface area (Å²) in [6.45, 7) is 2.06. The second-order valence-electron chi connectivity index (χ2n) is 4.67. The Morgan fingerprint density at radius 1 is 1.61 bits per heavy atom. The normalized spacial score (nSPS) is 16.3. The molecule has 0 aliphatic heterocycles. The quantitative estimate of drug-likeness (QED) is 0.795. The fourth-order valence-corrected chi connectivity index (χ4v) is 1.83. The summed E-state index contributed by atoms with van der Waals surface area (Å²) >= 11 is 0. The highest BCUT2D eigenvalue weighted by atomic mass is 16.3. The number of amides is 1. The monoisotopic (exact) mass is 249 g/mol. The zero-order chi connectivity index (χ0) is 13.0. The summed E-state index contributed by atoms with van der Waals surface area (Å²) in [5, 5.41) is 11.8. The van der Waals surface area contributed by atoms with Gasteiger partial charge in [0.2, 0.25) is 0 Å². The van der Waals surface area contributed by atoms with E-state index in [0.717, 1.165) is 25.1 Å². The Bertz CT molecular complexity index is 418. The molecule has 1 saturated carbocycles. The lowest BCUT2D eigenvalue weighted by Crippen LogP contribution is -2.35. The van der Waals surface area contributed by atoms with Gasteiger partial charge >= 0.3 is 0 Å². The molecule has 1 aliphatic carbocycles. The molecule has 0 saturated heterocycles. The third-order valence-electron chi connectivity index (χ3n) is 3.15. The van der Waals surface area contributed by atoms with Gasteiger partial charge in [-0.15, -0.1) is 0 Å². The van der Waals surface area contributed by atoms with Crippen molar-refractivity contribution in [2.24, 2.45) is 0 Å². The molecular weight excluding hydrogens is 230 g/mol. The molecule has 0 radical (unpaired) electrons. The summed E-state index contributed by atoms with van der Waals surface area (Å²) in [6, 6.07) is 1.63. The minimum atomic E-state index is -0.181. The molecule has 0 bridgehead atoms. The van der Waals surface area contributed by atoms with E-state index in [4.69, 9.17) is 5.11 Å². The largest absolute Gasteiger partial charge is 0.396 e. The van der Waals surface area contributed by atoms with Crippen LogP contribution >= 0.6 is 0 Å². The number of nitrogens with zero attached hydrogens (tertiary/aromatic N) is 2. The van der Waals surface area contributed by atoms with E-state index in [0.29, 0.717) is 18.0 Å². The first kappa shape index (κ1) is 13.0. The molecule has 1 amide bonds. The van der Waals surface area contributed by atoms with Gasteiger partial charge in [0.25, 0.3) is 5.91 Å². The second-order valence-corrected chi connectivity index (χ2v) is 4.67. The van der Waals surface area contributed by atoms with Crippen molar-refractivity contribution in [3.8, 4) is 0 Å².